The van der Waals surface area contributed by atoms with Gasteiger partial charge in [-0.15, -0.1) is 0 Å². The molecule has 1 aliphatic heterocycles. The summed E-state index contributed by atoms with van der Waals surface area (Å²) in [6, 6.07) is 14.4. The number of carbonyl (C=O) groups is 2. The second kappa shape index (κ2) is 6.83. The number of nitrogens with zero attached hydrogens (tertiary/aromatic N) is 1. The summed E-state index contributed by atoms with van der Waals surface area (Å²) in [4.78, 5) is 39.0. The zero-order valence-corrected chi connectivity index (χ0v) is 15.0. The minimum Gasteiger partial charge on any atom is -0.455 e. The van der Waals surface area contributed by atoms with Crippen molar-refractivity contribution in [2.45, 2.75) is 19.8 Å². The van der Waals surface area contributed by atoms with Crippen molar-refractivity contribution in [1.82, 2.24) is 4.90 Å². The number of hydrogen-bond acceptors (Lipinski definition) is 4. The van der Waals surface area contributed by atoms with Crippen LogP contribution in [0.3, 0.4) is 0 Å². The van der Waals surface area contributed by atoms with E-state index in [2.05, 4.69) is 0 Å². The van der Waals surface area contributed by atoms with Crippen LogP contribution in [0.15, 0.2) is 57.7 Å². The molecule has 0 N–H and O–H groups in total. The lowest BCUT2D eigenvalue weighted by Gasteiger charge is -2.26. The highest BCUT2D eigenvalue weighted by molar-refractivity contribution is 6.05. The lowest BCUT2D eigenvalue weighted by atomic mass is 10.0. The molecule has 0 bridgehead atoms. The van der Waals surface area contributed by atoms with Gasteiger partial charge in [-0.3, -0.25) is 14.4 Å². The number of hydrogen-bond donors (Lipinski definition) is 0. The fourth-order valence-corrected chi connectivity index (χ4v) is 3.47. The Kier molecular flexibility index (Phi) is 4.36. The first-order chi connectivity index (χ1) is 13.1. The fourth-order valence-electron chi connectivity index (χ4n) is 3.47. The Balaban J connectivity index is 1.87. The molecule has 3 aromatic rings. The van der Waals surface area contributed by atoms with E-state index in [0.29, 0.717) is 53.8 Å². The second-order valence-electron chi connectivity index (χ2n) is 6.76. The summed E-state index contributed by atoms with van der Waals surface area (Å²) >= 11 is 0. The molecule has 1 aromatic heterocycles. The van der Waals surface area contributed by atoms with Gasteiger partial charge in [0.05, 0.1) is 10.9 Å². The molecule has 2 aromatic carbocycles. The largest absolute Gasteiger partial charge is 0.455 e. The van der Waals surface area contributed by atoms with Crippen LogP contribution < -0.4 is 5.43 Å². The van der Waals surface area contributed by atoms with Crippen LogP contribution in [0.4, 0.5) is 0 Å². The van der Waals surface area contributed by atoms with Gasteiger partial charge >= 0.3 is 0 Å². The van der Waals surface area contributed by atoms with E-state index in [1.54, 1.807) is 30.0 Å². The van der Waals surface area contributed by atoms with E-state index in [0.717, 1.165) is 5.56 Å². The van der Waals surface area contributed by atoms with E-state index in [-0.39, 0.29) is 17.1 Å². The summed E-state index contributed by atoms with van der Waals surface area (Å²) in [6.07, 6.45) is 0.740. The highest BCUT2D eigenvalue weighted by Crippen LogP contribution is 2.28. The summed E-state index contributed by atoms with van der Waals surface area (Å²) in [5.74, 6) is 0.437. The van der Waals surface area contributed by atoms with E-state index in [4.69, 9.17) is 4.42 Å². The van der Waals surface area contributed by atoms with Crippen molar-refractivity contribution in [3.05, 3.63) is 69.9 Å². The lowest BCUT2D eigenvalue weighted by molar-refractivity contribution is -0.120. The summed E-state index contributed by atoms with van der Waals surface area (Å²) < 4.78 is 6.11. The average Bonchev–Trinajstić information content (AvgIpc) is 2.71. The van der Waals surface area contributed by atoms with Crippen LogP contribution in [-0.2, 0) is 4.79 Å². The number of amides is 1. The Morgan fingerprint density at radius 2 is 1.67 bits per heavy atom. The molecule has 0 unspecified atom stereocenters. The molecular weight excluding hydrogens is 342 g/mol. The lowest BCUT2D eigenvalue weighted by Crippen LogP contribution is -2.38. The minimum atomic E-state index is -0.209. The summed E-state index contributed by atoms with van der Waals surface area (Å²) in [7, 11) is 0. The molecule has 0 spiro atoms. The molecule has 1 aliphatic rings. The number of fused-ring (bicyclic) bond motifs is 1. The highest BCUT2D eigenvalue weighted by Gasteiger charge is 2.25. The summed E-state index contributed by atoms with van der Waals surface area (Å²) in [5, 5.41) is 0.395. The van der Waals surface area contributed by atoms with Gasteiger partial charge in [0, 0.05) is 37.1 Å². The molecule has 5 heteroatoms. The van der Waals surface area contributed by atoms with Gasteiger partial charge in [0.15, 0.2) is 11.0 Å². The number of piperidine rings is 1. The van der Waals surface area contributed by atoms with Gasteiger partial charge in [-0.25, -0.2) is 0 Å². The molecule has 2 heterocycles. The van der Waals surface area contributed by atoms with Crippen LogP contribution in [0.5, 0.6) is 0 Å². The van der Waals surface area contributed by atoms with Crippen LogP contribution >= 0.6 is 0 Å². The van der Waals surface area contributed by atoms with Crippen molar-refractivity contribution < 1.29 is 14.0 Å². The van der Waals surface area contributed by atoms with E-state index in [1.807, 2.05) is 30.3 Å². The maximum atomic E-state index is 13.0. The number of ketones is 1. The molecule has 27 heavy (non-hydrogen) atoms. The molecule has 0 aliphatic carbocycles. The molecule has 5 nitrogen and oxygen atoms in total. The summed E-state index contributed by atoms with van der Waals surface area (Å²) in [6.45, 7) is 2.53. The number of para-hydroxylation sites is 1. The molecular formula is C22H19NO4. The maximum absolute atomic E-state index is 13.0. The molecule has 0 atom stereocenters. The predicted octanol–water partition coefficient (Wildman–Crippen LogP) is 3.57. The van der Waals surface area contributed by atoms with E-state index < -0.39 is 0 Å². The van der Waals surface area contributed by atoms with Gasteiger partial charge in [0.1, 0.15) is 11.5 Å². The zero-order chi connectivity index (χ0) is 19.0. The SMILES string of the molecule is Cc1c(-c2ccccc2)oc2c(C(=O)N3CCC(=O)CC3)cccc2c1=O. The first-order valence-electron chi connectivity index (χ1n) is 8.99. The number of benzene rings is 2. The fraction of sp³-hybridized carbons (Fsp3) is 0.227. The van der Waals surface area contributed by atoms with Gasteiger partial charge < -0.3 is 9.32 Å². The quantitative estimate of drug-likeness (QED) is 0.700. The minimum absolute atomic E-state index is 0.140. The van der Waals surface area contributed by atoms with Crippen molar-refractivity contribution in [1.29, 1.82) is 0 Å². The third-order valence-electron chi connectivity index (χ3n) is 5.02. The molecule has 0 radical (unpaired) electrons. The molecule has 1 fully saturated rings. The number of Topliss-reactive ketones (excluding diaryl/α,β-unsaturated/α-hetero) is 1. The van der Waals surface area contributed by atoms with Gasteiger partial charge in [-0.1, -0.05) is 36.4 Å². The normalized spacial score (nSPS) is 14.6. The zero-order valence-electron chi connectivity index (χ0n) is 15.0. The predicted molar refractivity (Wildman–Crippen MR) is 103 cm³/mol. The van der Waals surface area contributed by atoms with Crippen LogP contribution in [0.2, 0.25) is 0 Å². The molecule has 4 rings (SSSR count). The number of rotatable bonds is 2. The van der Waals surface area contributed by atoms with E-state index >= 15 is 0 Å². The maximum Gasteiger partial charge on any atom is 0.257 e. The van der Waals surface area contributed by atoms with Crippen molar-refractivity contribution in [2.75, 3.05) is 13.1 Å². The van der Waals surface area contributed by atoms with Gasteiger partial charge in [-0.2, -0.15) is 0 Å². The molecule has 1 amide bonds. The Morgan fingerprint density at radius 1 is 0.963 bits per heavy atom. The molecule has 0 saturated carbocycles. The first-order valence-corrected chi connectivity index (χ1v) is 8.99. The average molecular weight is 361 g/mol. The second-order valence-corrected chi connectivity index (χ2v) is 6.76. The van der Waals surface area contributed by atoms with Crippen LogP contribution in [0.1, 0.15) is 28.8 Å². The molecule has 136 valence electrons. The third kappa shape index (κ3) is 3.05. The summed E-state index contributed by atoms with van der Waals surface area (Å²) in [5.41, 5.74) is 1.82. The van der Waals surface area contributed by atoms with Crippen molar-refractivity contribution in [3.8, 4) is 11.3 Å². The number of carbonyl (C=O) groups excluding carboxylic acids is 2. The Hall–Kier alpha value is -3.21. The van der Waals surface area contributed by atoms with Gasteiger partial charge in [0.2, 0.25) is 0 Å². The Labute approximate surface area is 156 Å². The monoisotopic (exact) mass is 361 g/mol. The van der Waals surface area contributed by atoms with Crippen LogP contribution in [0.25, 0.3) is 22.3 Å². The van der Waals surface area contributed by atoms with Crippen LogP contribution in [0, 0.1) is 6.92 Å². The Morgan fingerprint density at radius 3 is 2.37 bits per heavy atom. The number of likely N-dealkylation sites (tertiary alicyclic amines) is 1. The smallest absolute Gasteiger partial charge is 0.257 e. The van der Waals surface area contributed by atoms with E-state index in [9.17, 15) is 14.4 Å². The third-order valence-corrected chi connectivity index (χ3v) is 5.02. The first kappa shape index (κ1) is 17.2. The Bertz CT molecular complexity index is 1090. The topological polar surface area (TPSA) is 67.6 Å². The van der Waals surface area contributed by atoms with Gasteiger partial charge in [0.25, 0.3) is 5.91 Å². The van der Waals surface area contributed by atoms with Crippen molar-refractivity contribution >= 4 is 22.7 Å². The highest BCUT2D eigenvalue weighted by atomic mass is 16.3. The van der Waals surface area contributed by atoms with Crippen molar-refractivity contribution in [3.63, 3.8) is 0 Å². The van der Waals surface area contributed by atoms with Crippen LogP contribution in [-0.4, -0.2) is 29.7 Å². The van der Waals surface area contributed by atoms with Gasteiger partial charge in [-0.05, 0) is 19.1 Å². The van der Waals surface area contributed by atoms with Crippen molar-refractivity contribution in [2.24, 2.45) is 0 Å². The molecule has 1 saturated heterocycles. The van der Waals surface area contributed by atoms with E-state index in [1.165, 1.54) is 0 Å². The standard InChI is InChI=1S/C22H19NO4/c1-14-19(25)17-8-5-9-18(22(26)23-12-10-16(24)11-13-23)21(17)27-20(14)15-6-3-2-4-7-15/h2-9H,10-13H2,1H3.